The highest BCUT2D eigenvalue weighted by molar-refractivity contribution is 5.92. The number of fused-ring (bicyclic) bond motifs is 1. The molecule has 16 heavy (non-hydrogen) atoms. The minimum absolute atomic E-state index is 0.207. The Bertz CT molecular complexity index is 428. The first-order valence-corrected chi connectivity index (χ1v) is 5.26. The summed E-state index contributed by atoms with van der Waals surface area (Å²) in [5.74, 6) is -0.207. The quantitative estimate of drug-likeness (QED) is 0.726. The molecular formula is C12H13NO3. The number of benzene rings is 1. The highest BCUT2D eigenvalue weighted by Gasteiger charge is 2.25. The summed E-state index contributed by atoms with van der Waals surface area (Å²) < 4.78 is 5.03. The van der Waals surface area contributed by atoms with Gasteiger partial charge in [-0.15, -0.1) is 0 Å². The summed E-state index contributed by atoms with van der Waals surface area (Å²) in [4.78, 5) is 24.3. The second-order valence-corrected chi connectivity index (χ2v) is 3.66. The third-order valence-electron chi connectivity index (χ3n) is 2.62. The minimum Gasteiger partial charge on any atom is -0.444 e. The maximum Gasteiger partial charge on any atom is 0.417 e. The normalized spacial score (nSPS) is 15.1. The zero-order chi connectivity index (χ0) is 11.5. The minimum atomic E-state index is -0.553. The van der Waals surface area contributed by atoms with Crippen LogP contribution in [0.25, 0.3) is 0 Å². The van der Waals surface area contributed by atoms with Crippen LogP contribution in [0.5, 0.6) is 0 Å². The summed E-state index contributed by atoms with van der Waals surface area (Å²) >= 11 is 0. The number of carbonyl (C=O) groups is 2. The van der Waals surface area contributed by atoms with Gasteiger partial charge in [0.25, 0.3) is 0 Å². The summed E-state index contributed by atoms with van der Waals surface area (Å²) in [6, 6.07) is 7.60. The average molecular weight is 219 g/mol. The standard InChI is InChI=1S/C12H13NO3/c1-2-11(14)13-7-9-5-3-4-6-10(9)8-16-12(13)15/h3-6H,2,7-8H2,1H3. The Balaban J connectivity index is 2.31. The third-order valence-corrected chi connectivity index (χ3v) is 2.62. The summed E-state index contributed by atoms with van der Waals surface area (Å²) in [6.45, 7) is 2.27. The van der Waals surface area contributed by atoms with E-state index in [1.807, 2.05) is 24.3 Å². The molecule has 0 bridgehead atoms. The summed E-state index contributed by atoms with van der Waals surface area (Å²) in [7, 11) is 0. The highest BCUT2D eigenvalue weighted by atomic mass is 16.6. The van der Waals surface area contributed by atoms with Gasteiger partial charge in [-0.2, -0.15) is 0 Å². The maximum atomic E-state index is 11.6. The smallest absolute Gasteiger partial charge is 0.417 e. The molecule has 0 saturated carbocycles. The number of cyclic esters (lactones) is 1. The van der Waals surface area contributed by atoms with Crippen molar-refractivity contribution in [3.63, 3.8) is 0 Å². The Morgan fingerprint density at radius 1 is 1.38 bits per heavy atom. The molecule has 0 radical (unpaired) electrons. The molecule has 1 aliphatic heterocycles. The maximum absolute atomic E-state index is 11.6. The number of hydrogen-bond acceptors (Lipinski definition) is 3. The number of nitrogens with zero attached hydrogens (tertiary/aromatic N) is 1. The Morgan fingerprint density at radius 2 is 2.06 bits per heavy atom. The number of carbonyl (C=O) groups excluding carboxylic acids is 2. The highest BCUT2D eigenvalue weighted by Crippen LogP contribution is 2.18. The van der Waals surface area contributed by atoms with Crippen LogP contribution in [0.2, 0.25) is 0 Å². The van der Waals surface area contributed by atoms with E-state index < -0.39 is 6.09 Å². The molecule has 2 rings (SSSR count). The lowest BCUT2D eigenvalue weighted by Crippen LogP contribution is -2.34. The number of hydrogen-bond donors (Lipinski definition) is 0. The molecule has 4 nitrogen and oxygen atoms in total. The first-order chi connectivity index (χ1) is 7.72. The second kappa shape index (κ2) is 4.35. The number of rotatable bonds is 1. The van der Waals surface area contributed by atoms with Crippen LogP contribution < -0.4 is 0 Å². The molecule has 84 valence electrons. The van der Waals surface area contributed by atoms with Crippen LogP contribution in [0.15, 0.2) is 24.3 Å². The summed E-state index contributed by atoms with van der Waals surface area (Å²) in [6.07, 6.45) is -0.250. The van der Waals surface area contributed by atoms with Crippen LogP contribution >= 0.6 is 0 Å². The molecule has 0 saturated heterocycles. The molecule has 2 amide bonds. The summed E-state index contributed by atoms with van der Waals surface area (Å²) in [5.41, 5.74) is 1.93. The molecule has 0 atom stereocenters. The fraction of sp³-hybridized carbons (Fsp3) is 0.333. The number of imide groups is 1. The van der Waals surface area contributed by atoms with Gasteiger partial charge in [0.15, 0.2) is 0 Å². The molecule has 1 aromatic carbocycles. The van der Waals surface area contributed by atoms with Crippen LogP contribution in [-0.4, -0.2) is 16.9 Å². The predicted octanol–water partition coefficient (Wildman–Crippen LogP) is 2.08. The molecule has 0 aliphatic carbocycles. The Kier molecular flexibility index (Phi) is 2.90. The third kappa shape index (κ3) is 1.91. The average Bonchev–Trinajstić information content (AvgIpc) is 2.48. The molecule has 0 aromatic heterocycles. The van der Waals surface area contributed by atoms with E-state index in [-0.39, 0.29) is 12.5 Å². The Morgan fingerprint density at radius 3 is 2.75 bits per heavy atom. The summed E-state index contributed by atoms with van der Waals surface area (Å²) in [5, 5.41) is 0. The van der Waals surface area contributed by atoms with Gasteiger partial charge in [-0.3, -0.25) is 4.79 Å². The lowest BCUT2D eigenvalue weighted by atomic mass is 10.1. The molecule has 4 heteroatoms. The fourth-order valence-corrected chi connectivity index (χ4v) is 1.69. The van der Waals surface area contributed by atoms with E-state index in [4.69, 9.17) is 4.74 Å². The van der Waals surface area contributed by atoms with Crippen molar-refractivity contribution in [3.05, 3.63) is 35.4 Å². The predicted molar refractivity (Wildman–Crippen MR) is 57.5 cm³/mol. The SMILES string of the molecule is CCC(=O)N1Cc2ccccc2COC1=O. The van der Waals surface area contributed by atoms with Crippen molar-refractivity contribution in [1.82, 2.24) is 4.90 Å². The van der Waals surface area contributed by atoms with Crippen molar-refractivity contribution in [2.45, 2.75) is 26.5 Å². The van der Waals surface area contributed by atoms with Gasteiger partial charge in [0.1, 0.15) is 6.61 Å². The van der Waals surface area contributed by atoms with Crippen molar-refractivity contribution in [3.8, 4) is 0 Å². The van der Waals surface area contributed by atoms with Gasteiger partial charge in [-0.05, 0) is 11.1 Å². The topological polar surface area (TPSA) is 46.6 Å². The zero-order valence-electron chi connectivity index (χ0n) is 9.10. The lowest BCUT2D eigenvalue weighted by Gasteiger charge is -2.16. The van der Waals surface area contributed by atoms with Crippen LogP contribution in [0.3, 0.4) is 0 Å². The molecular weight excluding hydrogens is 206 g/mol. The van der Waals surface area contributed by atoms with Crippen molar-refractivity contribution in [2.75, 3.05) is 0 Å². The van der Waals surface area contributed by atoms with Gasteiger partial charge in [0, 0.05) is 6.42 Å². The van der Waals surface area contributed by atoms with E-state index in [0.717, 1.165) is 16.0 Å². The van der Waals surface area contributed by atoms with Gasteiger partial charge in [-0.25, -0.2) is 9.69 Å². The Labute approximate surface area is 93.8 Å². The van der Waals surface area contributed by atoms with Gasteiger partial charge in [0.05, 0.1) is 6.54 Å². The molecule has 1 aliphatic rings. The van der Waals surface area contributed by atoms with E-state index in [9.17, 15) is 9.59 Å². The van der Waals surface area contributed by atoms with E-state index in [2.05, 4.69) is 0 Å². The van der Waals surface area contributed by atoms with Crippen molar-refractivity contribution >= 4 is 12.0 Å². The molecule has 0 spiro atoms. The van der Waals surface area contributed by atoms with E-state index >= 15 is 0 Å². The zero-order valence-corrected chi connectivity index (χ0v) is 9.10. The van der Waals surface area contributed by atoms with Crippen molar-refractivity contribution in [2.24, 2.45) is 0 Å². The van der Waals surface area contributed by atoms with Crippen LogP contribution in [-0.2, 0) is 22.7 Å². The largest absolute Gasteiger partial charge is 0.444 e. The van der Waals surface area contributed by atoms with E-state index in [1.54, 1.807) is 6.92 Å². The lowest BCUT2D eigenvalue weighted by molar-refractivity contribution is -0.129. The van der Waals surface area contributed by atoms with Crippen molar-refractivity contribution < 1.29 is 14.3 Å². The monoisotopic (exact) mass is 219 g/mol. The molecule has 0 fully saturated rings. The first kappa shape index (κ1) is 10.7. The number of amides is 2. The van der Waals surface area contributed by atoms with Crippen molar-refractivity contribution in [1.29, 1.82) is 0 Å². The van der Waals surface area contributed by atoms with Gasteiger partial charge in [0.2, 0.25) is 5.91 Å². The van der Waals surface area contributed by atoms with Gasteiger partial charge in [-0.1, -0.05) is 31.2 Å². The van der Waals surface area contributed by atoms with Crippen LogP contribution in [0.1, 0.15) is 24.5 Å². The van der Waals surface area contributed by atoms with E-state index in [0.29, 0.717) is 13.0 Å². The van der Waals surface area contributed by atoms with E-state index in [1.165, 1.54) is 0 Å². The Hall–Kier alpha value is -1.84. The second-order valence-electron chi connectivity index (χ2n) is 3.66. The first-order valence-electron chi connectivity index (χ1n) is 5.26. The molecule has 1 heterocycles. The molecule has 0 unspecified atom stereocenters. The van der Waals surface area contributed by atoms with Crippen LogP contribution in [0.4, 0.5) is 4.79 Å². The van der Waals surface area contributed by atoms with Gasteiger partial charge >= 0.3 is 6.09 Å². The molecule has 0 N–H and O–H groups in total. The van der Waals surface area contributed by atoms with Crippen LogP contribution in [0, 0.1) is 0 Å². The van der Waals surface area contributed by atoms with Gasteiger partial charge < -0.3 is 4.74 Å². The fourth-order valence-electron chi connectivity index (χ4n) is 1.69. The molecule has 1 aromatic rings. The number of ether oxygens (including phenoxy) is 1.